The van der Waals surface area contributed by atoms with Crippen molar-refractivity contribution < 1.29 is 14.3 Å². The molecule has 18 heavy (non-hydrogen) atoms. The summed E-state index contributed by atoms with van der Waals surface area (Å²) in [7, 11) is 0. The molecule has 4 nitrogen and oxygen atoms in total. The zero-order valence-electron chi connectivity index (χ0n) is 10.3. The van der Waals surface area contributed by atoms with Crippen LogP contribution in [0.15, 0.2) is 18.2 Å². The predicted molar refractivity (Wildman–Crippen MR) is 67.0 cm³/mol. The van der Waals surface area contributed by atoms with Crippen molar-refractivity contribution in [2.24, 2.45) is 0 Å². The molecule has 0 aromatic heterocycles. The number of hydrogen-bond acceptors (Lipinski definition) is 2. The largest absolute Gasteiger partial charge is 0.395 e. The summed E-state index contributed by atoms with van der Waals surface area (Å²) in [6, 6.07) is 4.50. The van der Waals surface area contributed by atoms with E-state index in [4.69, 9.17) is 5.11 Å². The summed E-state index contributed by atoms with van der Waals surface area (Å²) in [4.78, 5) is 13.5. The van der Waals surface area contributed by atoms with Crippen LogP contribution >= 0.6 is 0 Å². The Morgan fingerprint density at radius 2 is 2.28 bits per heavy atom. The Morgan fingerprint density at radius 1 is 1.56 bits per heavy atom. The van der Waals surface area contributed by atoms with E-state index in [9.17, 15) is 9.18 Å². The van der Waals surface area contributed by atoms with E-state index in [1.807, 2.05) is 0 Å². The number of nitrogens with one attached hydrogen (secondary N) is 1. The van der Waals surface area contributed by atoms with E-state index in [2.05, 4.69) is 5.32 Å². The summed E-state index contributed by atoms with van der Waals surface area (Å²) in [6.07, 6.45) is 1.90. The lowest BCUT2D eigenvalue weighted by molar-refractivity contribution is 0.185. The summed E-state index contributed by atoms with van der Waals surface area (Å²) in [6.45, 7) is 1.99. The van der Waals surface area contributed by atoms with Gasteiger partial charge in [0.1, 0.15) is 5.82 Å². The molecule has 0 unspecified atom stereocenters. The molecule has 0 radical (unpaired) electrons. The van der Waals surface area contributed by atoms with Gasteiger partial charge in [-0.1, -0.05) is 6.07 Å². The molecule has 1 aromatic carbocycles. The van der Waals surface area contributed by atoms with E-state index in [0.717, 1.165) is 18.4 Å². The number of rotatable bonds is 4. The van der Waals surface area contributed by atoms with E-state index in [0.29, 0.717) is 0 Å². The molecule has 0 spiro atoms. The molecule has 2 amide bonds. The van der Waals surface area contributed by atoms with E-state index >= 15 is 0 Å². The topological polar surface area (TPSA) is 52.6 Å². The van der Waals surface area contributed by atoms with Crippen molar-refractivity contribution >= 4 is 11.7 Å². The van der Waals surface area contributed by atoms with Gasteiger partial charge >= 0.3 is 6.03 Å². The quantitative estimate of drug-likeness (QED) is 0.862. The third-order valence-corrected chi connectivity index (χ3v) is 2.96. The molecule has 0 saturated heterocycles. The lowest BCUT2D eigenvalue weighted by atomic mass is 10.2. The minimum Gasteiger partial charge on any atom is -0.395 e. The fraction of sp³-hybridized carbons (Fsp3) is 0.462. The molecule has 2 N–H and O–H groups in total. The number of carbonyl (C=O) groups excluding carboxylic acids is 1. The van der Waals surface area contributed by atoms with Crippen molar-refractivity contribution in [1.29, 1.82) is 0 Å². The van der Waals surface area contributed by atoms with E-state index in [1.54, 1.807) is 24.0 Å². The maximum atomic E-state index is 13.6. The smallest absolute Gasteiger partial charge is 0.322 e. The Labute approximate surface area is 105 Å². The second-order valence-corrected chi connectivity index (χ2v) is 4.56. The van der Waals surface area contributed by atoms with Crippen LogP contribution in [0.2, 0.25) is 0 Å². The van der Waals surface area contributed by atoms with E-state index in [1.165, 1.54) is 6.07 Å². The monoisotopic (exact) mass is 252 g/mol. The maximum absolute atomic E-state index is 13.6. The van der Waals surface area contributed by atoms with Gasteiger partial charge < -0.3 is 15.3 Å². The molecular weight excluding hydrogens is 235 g/mol. The van der Waals surface area contributed by atoms with Gasteiger partial charge in [-0.25, -0.2) is 9.18 Å². The molecule has 5 heteroatoms. The van der Waals surface area contributed by atoms with Gasteiger partial charge in [0.05, 0.1) is 12.3 Å². The number of aryl methyl sites for hydroxylation is 1. The molecule has 0 heterocycles. The molecule has 1 aromatic rings. The number of hydrogen-bond donors (Lipinski definition) is 2. The van der Waals surface area contributed by atoms with Gasteiger partial charge in [-0.05, 0) is 37.5 Å². The normalized spacial score (nSPS) is 14.4. The van der Waals surface area contributed by atoms with Crippen molar-refractivity contribution in [3.8, 4) is 0 Å². The minimum absolute atomic E-state index is 0.0830. The van der Waals surface area contributed by atoms with Crippen LogP contribution in [0.5, 0.6) is 0 Å². The van der Waals surface area contributed by atoms with Crippen LogP contribution in [0.1, 0.15) is 18.4 Å². The SMILES string of the molecule is Cc1ccc(NC(=O)N(CCO)C2CC2)c(F)c1. The molecule has 0 aliphatic heterocycles. The first-order valence-electron chi connectivity index (χ1n) is 6.06. The predicted octanol–water partition coefficient (Wildman–Crippen LogP) is 2.12. The Balaban J connectivity index is 2.05. The summed E-state index contributed by atoms with van der Waals surface area (Å²) in [5.74, 6) is -0.442. The third kappa shape index (κ3) is 2.98. The summed E-state index contributed by atoms with van der Waals surface area (Å²) in [5.41, 5.74) is 0.981. The van der Waals surface area contributed by atoms with Crippen molar-refractivity contribution in [2.45, 2.75) is 25.8 Å². The van der Waals surface area contributed by atoms with Crippen LogP contribution in [0.4, 0.5) is 14.9 Å². The highest BCUT2D eigenvalue weighted by Crippen LogP contribution is 2.27. The standard InChI is InChI=1S/C13H17FN2O2/c1-9-2-5-12(11(14)8-9)15-13(18)16(6-7-17)10-3-4-10/h2,5,8,10,17H,3-4,6-7H2,1H3,(H,15,18). The number of amides is 2. The average molecular weight is 252 g/mol. The van der Waals surface area contributed by atoms with Gasteiger partial charge in [0.15, 0.2) is 0 Å². The molecule has 1 saturated carbocycles. The molecule has 0 bridgehead atoms. The molecule has 1 aliphatic rings. The van der Waals surface area contributed by atoms with Crippen molar-refractivity contribution in [2.75, 3.05) is 18.5 Å². The maximum Gasteiger partial charge on any atom is 0.322 e. The molecule has 1 aliphatic carbocycles. The van der Waals surface area contributed by atoms with Crippen LogP contribution < -0.4 is 5.32 Å². The number of anilines is 1. The first-order valence-corrected chi connectivity index (χ1v) is 6.06. The van der Waals surface area contributed by atoms with Crippen molar-refractivity contribution in [1.82, 2.24) is 4.90 Å². The second kappa shape index (κ2) is 5.35. The van der Waals surface area contributed by atoms with Gasteiger partial charge in [-0.3, -0.25) is 0 Å². The number of benzene rings is 1. The van der Waals surface area contributed by atoms with Gasteiger partial charge in [0.2, 0.25) is 0 Å². The lowest BCUT2D eigenvalue weighted by Gasteiger charge is -2.22. The van der Waals surface area contributed by atoms with Crippen LogP contribution in [-0.4, -0.2) is 35.2 Å². The fourth-order valence-electron chi connectivity index (χ4n) is 1.85. The number of carbonyl (C=O) groups is 1. The van der Waals surface area contributed by atoms with Gasteiger partial charge in [-0.2, -0.15) is 0 Å². The Morgan fingerprint density at radius 3 is 2.83 bits per heavy atom. The van der Waals surface area contributed by atoms with Crippen molar-refractivity contribution in [3.05, 3.63) is 29.6 Å². The Bertz CT molecular complexity index is 447. The van der Waals surface area contributed by atoms with Gasteiger partial charge in [0.25, 0.3) is 0 Å². The number of nitrogens with zero attached hydrogens (tertiary/aromatic N) is 1. The first-order chi connectivity index (χ1) is 8.61. The summed E-state index contributed by atoms with van der Waals surface area (Å²) in [5, 5.41) is 11.5. The van der Waals surface area contributed by atoms with E-state index in [-0.39, 0.29) is 30.9 Å². The summed E-state index contributed by atoms with van der Waals surface area (Å²) < 4.78 is 13.6. The zero-order valence-corrected chi connectivity index (χ0v) is 10.3. The van der Waals surface area contributed by atoms with Crippen LogP contribution in [0, 0.1) is 12.7 Å². The minimum atomic E-state index is -0.442. The second-order valence-electron chi connectivity index (χ2n) is 4.56. The molecule has 2 rings (SSSR count). The highest BCUT2D eigenvalue weighted by atomic mass is 19.1. The van der Waals surface area contributed by atoms with E-state index < -0.39 is 5.82 Å². The molecule has 0 atom stereocenters. The molecule has 98 valence electrons. The highest BCUT2D eigenvalue weighted by molar-refractivity contribution is 5.89. The molecular formula is C13H17FN2O2. The Kier molecular flexibility index (Phi) is 3.81. The molecule has 1 fully saturated rings. The first kappa shape index (κ1) is 12.8. The van der Waals surface area contributed by atoms with Gasteiger partial charge in [-0.15, -0.1) is 0 Å². The fourth-order valence-corrected chi connectivity index (χ4v) is 1.85. The third-order valence-electron chi connectivity index (χ3n) is 2.96. The zero-order chi connectivity index (χ0) is 13.1. The Hall–Kier alpha value is -1.62. The lowest BCUT2D eigenvalue weighted by Crippen LogP contribution is -2.38. The number of aliphatic hydroxyl groups is 1. The van der Waals surface area contributed by atoms with Crippen molar-refractivity contribution in [3.63, 3.8) is 0 Å². The summed E-state index contributed by atoms with van der Waals surface area (Å²) >= 11 is 0. The van der Waals surface area contributed by atoms with Crippen LogP contribution in [0.25, 0.3) is 0 Å². The average Bonchev–Trinajstić information content (AvgIpc) is 3.13. The van der Waals surface area contributed by atoms with Crippen LogP contribution in [-0.2, 0) is 0 Å². The number of urea groups is 1. The van der Waals surface area contributed by atoms with Gasteiger partial charge in [0, 0.05) is 12.6 Å². The highest BCUT2D eigenvalue weighted by Gasteiger charge is 2.32. The van der Waals surface area contributed by atoms with Crippen LogP contribution in [0.3, 0.4) is 0 Å². The number of aliphatic hydroxyl groups excluding tert-OH is 1. The number of halogens is 1.